The molecule has 1 aromatic heterocycles. The van der Waals surface area contributed by atoms with E-state index in [0.29, 0.717) is 43.5 Å². The van der Waals surface area contributed by atoms with E-state index in [9.17, 15) is 9.59 Å². The molecule has 2 aliphatic rings. The maximum absolute atomic E-state index is 13.0. The minimum atomic E-state index is -0.347. The van der Waals surface area contributed by atoms with Gasteiger partial charge in [-0.25, -0.2) is 0 Å². The van der Waals surface area contributed by atoms with Crippen molar-refractivity contribution in [2.75, 3.05) is 26.3 Å². The minimum Gasteiger partial charge on any atom is -0.490 e. The van der Waals surface area contributed by atoms with Crippen LogP contribution in [0.25, 0.3) is 0 Å². The number of carbonyl (C=O) groups is 1. The predicted octanol–water partition coefficient (Wildman–Crippen LogP) is 2.67. The van der Waals surface area contributed by atoms with Gasteiger partial charge in [-0.1, -0.05) is 6.07 Å². The monoisotopic (exact) mass is 447 g/mol. The second-order valence-electron chi connectivity index (χ2n) is 8.06. The fourth-order valence-corrected chi connectivity index (χ4v) is 4.03. The lowest BCUT2D eigenvalue weighted by Gasteiger charge is -2.23. The third-order valence-corrected chi connectivity index (χ3v) is 5.72. The Balaban J connectivity index is 0.00000272. The summed E-state index contributed by atoms with van der Waals surface area (Å²) in [6, 6.07) is 7.49. The van der Waals surface area contributed by atoms with E-state index in [1.54, 1.807) is 17.7 Å². The van der Waals surface area contributed by atoms with Crippen LogP contribution in [-0.2, 0) is 13.1 Å². The number of halogens is 1. The summed E-state index contributed by atoms with van der Waals surface area (Å²) in [5, 5.41) is 6.26. The number of rotatable bonds is 5. The molecule has 0 saturated carbocycles. The first-order valence-electron chi connectivity index (χ1n) is 10.7. The number of pyridine rings is 1. The van der Waals surface area contributed by atoms with Gasteiger partial charge in [0.1, 0.15) is 5.56 Å². The highest BCUT2D eigenvalue weighted by Crippen LogP contribution is 2.30. The van der Waals surface area contributed by atoms with Gasteiger partial charge in [0.2, 0.25) is 0 Å². The van der Waals surface area contributed by atoms with Gasteiger partial charge in [-0.3, -0.25) is 9.59 Å². The van der Waals surface area contributed by atoms with Gasteiger partial charge < -0.3 is 24.7 Å². The van der Waals surface area contributed by atoms with Gasteiger partial charge in [0, 0.05) is 25.7 Å². The number of aromatic nitrogens is 1. The minimum absolute atomic E-state index is 0. The molecule has 7 nitrogen and oxygen atoms in total. The third kappa shape index (κ3) is 5.60. The Kier molecular flexibility index (Phi) is 7.98. The summed E-state index contributed by atoms with van der Waals surface area (Å²) in [6.45, 7) is 5.95. The number of fused-ring (bicyclic) bond motifs is 1. The molecule has 168 valence electrons. The number of ether oxygens (including phenoxy) is 2. The number of hydrogen-bond donors (Lipinski definition) is 2. The number of nitrogens with zero attached hydrogens (tertiary/aromatic N) is 1. The fraction of sp³-hybridized carbons (Fsp3) is 0.478. The molecule has 31 heavy (non-hydrogen) atoms. The quantitative estimate of drug-likeness (QED) is 0.736. The summed E-state index contributed by atoms with van der Waals surface area (Å²) < 4.78 is 13.0. The molecule has 0 spiro atoms. The first kappa shape index (κ1) is 23.2. The molecule has 1 atom stereocenters. The first-order chi connectivity index (χ1) is 14.6. The maximum Gasteiger partial charge on any atom is 0.263 e. The highest BCUT2D eigenvalue weighted by Gasteiger charge is 2.19. The van der Waals surface area contributed by atoms with Crippen molar-refractivity contribution in [1.82, 2.24) is 15.2 Å². The van der Waals surface area contributed by atoms with Gasteiger partial charge in [0.25, 0.3) is 11.5 Å². The van der Waals surface area contributed by atoms with Crippen LogP contribution in [0.15, 0.2) is 35.3 Å². The zero-order chi connectivity index (χ0) is 20.9. The van der Waals surface area contributed by atoms with E-state index in [-0.39, 0.29) is 29.4 Å². The molecular weight excluding hydrogens is 418 g/mol. The van der Waals surface area contributed by atoms with Crippen molar-refractivity contribution in [1.29, 1.82) is 0 Å². The summed E-state index contributed by atoms with van der Waals surface area (Å²) in [5.74, 6) is 1.48. The molecular formula is C23H30ClN3O4. The average molecular weight is 448 g/mol. The molecule has 2 aromatic rings. The van der Waals surface area contributed by atoms with Gasteiger partial charge in [0.05, 0.1) is 13.2 Å². The summed E-state index contributed by atoms with van der Waals surface area (Å²) in [4.78, 5) is 25.8. The van der Waals surface area contributed by atoms with E-state index < -0.39 is 0 Å². The van der Waals surface area contributed by atoms with Crippen molar-refractivity contribution < 1.29 is 14.3 Å². The zero-order valence-electron chi connectivity index (χ0n) is 17.8. The number of carbonyl (C=O) groups excluding carboxylic acids is 1. The van der Waals surface area contributed by atoms with Gasteiger partial charge in [0.15, 0.2) is 11.5 Å². The average Bonchev–Trinajstić information content (AvgIpc) is 3.00. The summed E-state index contributed by atoms with van der Waals surface area (Å²) in [6.07, 6.45) is 4.86. The Morgan fingerprint density at radius 3 is 2.77 bits per heavy atom. The Morgan fingerprint density at radius 2 is 2.00 bits per heavy atom. The second-order valence-corrected chi connectivity index (χ2v) is 8.06. The number of benzene rings is 1. The van der Waals surface area contributed by atoms with Crippen molar-refractivity contribution in [2.45, 2.75) is 39.3 Å². The molecule has 1 fully saturated rings. The van der Waals surface area contributed by atoms with E-state index in [2.05, 4.69) is 10.6 Å². The first-order valence-corrected chi connectivity index (χ1v) is 10.7. The molecule has 1 saturated heterocycles. The largest absolute Gasteiger partial charge is 0.490 e. The standard InChI is InChI=1S/C23H29N3O4.ClH/c1-16-7-9-26(15-18-4-2-8-24-13-18)23(28)21(16)22(27)25-14-17-5-6-19-20(12-17)30-11-3-10-29-19;/h5-7,9,12,18,24H,2-4,8,10-11,13-15H2,1H3,(H,25,27);1H. The highest BCUT2D eigenvalue weighted by atomic mass is 35.5. The highest BCUT2D eigenvalue weighted by molar-refractivity contribution is 5.95. The molecule has 0 aliphatic carbocycles. The molecule has 0 radical (unpaired) electrons. The number of aryl methyl sites for hydroxylation is 1. The summed E-state index contributed by atoms with van der Waals surface area (Å²) in [5.41, 5.74) is 1.58. The Labute approximate surface area is 188 Å². The van der Waals surface area contributed by atoms with Crippen molar-refractivity contribution in [3.8, 4) is 11.5 Å². The molecule has 1 aromatic carbocycles. The molecule has 2 aliphatic heterocycles. The molecule has 4 rings (SSSR count). The Bertz CT molecular complexity index is 970. The van der Waals surface area contributed by atoms with E-state index in [1.807, 2.05) is 24.3 Å². The van der Waals surface area contributed by atoms with Crippen molar-refractivity contribution in [2.24, 2.45) is 5.92 Å². The zero-order valence-corrected chi connectivity index (χ0v) is 18.6. The fourth-order valence-electron chi connectivity index (χ4n) is 4.03. The topological polar surface area (TPSA) is 81.6 Å². The molecule has 2 N–H and O–H groups in total. The van der Waals surface area contributed by atoms with Crippen LogP contribution in [0.2, 0.25) is 0 Å². The van der Waals surface area contributed by atoms with E-state index >= 15 is 0 Å². The van der Waals surface area contributed by atoms with Crippen LogP contribution in [0.5, 0.6) is 11.5 Å². The molecule has 3 heterocycles. The summed E-state index contributed by atoms with van der Waals surface area (Å²) in [7, 11) is 0. The normalized spacial score (nSPS) is 17.9. The van der Waals surface area contributed by atoms with Gasteiger partial charge >= 0.3 is 0 Å². The van der Waals surface area contributed by atoms with Crippen LogP contribution in [0.1, 0.15) is 40.7 Å². The van der Waals surface area contributed by atoms with E-state index in [0.717, 1.165) is 43.7 Å². The van der Waals surface area contributed by atoms with Crippen LogP contribution in [0.4, 0.5) is 0 Å². The summed E-state index contributed by atoms with van der Waals surface area (Å²) >= 11 is 0. The van der Waals surface area contributed by atoms with Gasteiger partial charge in [-0.05, 0) is 68.1 Å². The Morgan fingerprint density at radius 1 is 1.19 bits per heavy atom. The SMILES string of the molecule is Cc1ccn(CC2CCCNC2)c(=O)c1C(=O)NCc1ccc2c(c1)OCCCO2.Cl. The van der Waals surface area contributed by atoms with E-state index in [1.165, 1.54) is 0 Å². The van der Waals surface area contributed by atoms with E-state index in [4.69, 9.17) is 9.47 Å². The number of amides is 1. The lowest BCUT2D eigenvalue weighted by molar-refractivity contribution is 0.0948. The second kappa shape index (κ2) is 10.7. The molecule has 0 bridgehead atoms. The van der Waals surface area contributed by atoms with Crippen molar-refractivity contribution in [3.05, 3.63) is 57.5 Å². The van der Waals surface area contributed by atoms with Crippen LogP contribution in [0.3, 0.4) is 0 Å². The molecule has 1 unspecified atom stereocenters. The lowest BCUT2D eigenvalue weighted by Crippen LogP contribution is -2.37. The van der Waals surface area contributed by atoms with Gasteiger partial charge in [-0.2, -0.15) is 0 Å². The van der Waals surface area contributed by atoms with Crippen LogP contribution < -0.4 is 25.7 Å². The van der Waals surface area contributed by atoms with Crippen LogP contribution in [-0.4, -0.2) is 36.8 Å². The van der Waals surface area contributed by atoms with Crippen molar-refractivity contribution >= 4 is 18.3 Å². The van der Waals surface area contributed by atoms with Gasteiger partial charge in [-0.15, -0.1) is 12.4 Å². The third-order valence-electron chi connectivity index (χ3n) is 5.72. The molecule has 8 heteroatoms. The van der Waals surface area contributed by atoms with Crippen molar-refractivity contribution in [3.63, 3.8) is 0 Å². The predicted molar refractivity (Wildman–Crippen MR) is 121 cm³/mol. The number of piperidine rings is 1. The number of nitrogens with one attached hydrogen (secondary N) is 2. The lowest BCUT2D eigenvalue weighted by atomic mass is 9.99. The molecule has 1 amide bonds. The maximum atomic E-state index is 13.0. The number of hydrogen-bond acceptors (Lipinski definition) is 5. The van der Waals surface area contributed by atoms with Crippen LogP contribution in [0, 0.1) is 12.8 Å². The Hall–Kier alpha value is -2.51. The van der Waals surface area contributed by atoms with Crippen LogP contribution >= 0.6 is 12.4 Å². The smallest absolute Gasteiger partial charge is 0.263 e.